The van der Waals surface area contributed by atoms with Crippen molar-refractivity contribution < 1.29 is 37.2 Å². The Hall–Kier alpha value is -3.73. The van der Waals surface area contributed by atoms with Crippen LogP contribution in [0.4, 0.5) is 18.9 Å². The Balaban J connectivity index is 0.00000196. The van der Waals surface area contributed by atoms with Gasteiger partial charge in [-0.15, -0.1) is 0 Å². The van der Waals surface area contributed by atoms with Crippen molar-refractivity contribution in [3.05, 3.63) is 65.7 Å². The van der Waals surface area contributed by atoms with Crippen molar-refractivity contribution in [3.63, 3.8) is 0 Å². The van der Waals surface area contributed by atoms with Crippen LogP contribution in [0.2, 0.25) is 0 Å². The second-order valence-electron chi connectivity index (χ2n) is 10.2. The van der Waals surface area contributed by atoms with E-state index in [4.69, 9.17) is 4.84 Å². The van der Waals surface area contributed by atoms with Crippen LogP contribution in [0.1, 0.15) is 69.8 Å². The average Bonchev–Trinajstić information content (AvgIpc) is 2.92. The lowest BCUT2D eigenvalue weighted by Crippen LogP contribution is -2.45. The number of hydroxylamine groups is 2. The van der Waals surface area contributed by atoms with Crippen LogP contribution in [-0.4, -0.2) is 47.8 Å². The van der Waals surface area contributed by atoms with Gasteiger partial charge in [-0.05, 0) is 49.1 Å². The number of nitrogens with one attached hydrogen (secondary N) is 2. The molecule has 0 saturated carbocycles. The summed E-state index contributed by atoms with van der Waals surface area (Å²) in [5.41, 5.74) is 0.871. The third-order valence-corrected chi connectivity index (χ3v) is 5.47. The number of halogens is 3. The quantitative estimate of drug-likeness (QED) is 0.164. The summed E-state index contributed by atoms with van der Waals surface area (Å²) < 4.78 is 37.2. The van der Waals surface area contributed by atoms with Crippen molar-refractivity contribution in [2.45, 2.75) is 72.7 Å². The maximum absolute atomic E-state index is 13.0. The van der Waals surface area contributed by atoms with E-state index in [1.165, 1.54) is 31.2 Å². The maximum atomic E-state index is 13.0. The monoisotopic (exact) mass is 579 g/mol. The van der Waals surface area contributed by atoms with Gasteiger partial charge in [0.2, 0.25) is 12.3 Å². The molecule has 2 rings (SSSR count). The van der Waals surface area contributed by atoms with Gasteiger partial charge in [0.25, 0.3) is 0 Å². The lowest BCUT2D eigenvalue weighted by Gasteiger charge is -2.24. The fourth-order valence-corrected chi connectivity index (χ4v) is 3.40. The Bertz CT molecular complexity index is 1090. The lowest BCUT2D eigenvalue weighted by atomic mass is 9.99. The Kier molecular flexibility index (Phi) is 15.4. The normalized spacial score (nSPS) is 12.4. The molecule has 11 heteroatoms. The number of ketones is 1. The number of rotatable bonds is 14. The molecular weight excluding hydrogens is 539 g/mol. The minimum absolute atomic E-state index is 0.00330. The molecule has 2 aromatic carbocycles. The number of benzene rings is 2. The van der Waals surface area contributed by atoms with Crippen LogP contribution in [0, 0.1) is 11.8 Å². The molecule has 0 spiro atoms. The Morgan fingerprint density at radius 2 is 1.56 bits per heavy atom. The van der Waals surface area contributed by atoms with Crippen molar-refractivity contribution >= 4 is 29.7 Å². The molecule has 0 aliphatic heterocycles. The lowest BCUT2D eigenvalue weighted by molar-refractivity contribution is -0.182. The summed E-state index contributed by atoms with van der Waals surface area (Å²) in [7, 11) is 0. The molecule has 8 nitrogen and oxygen atoms in total. The number of nitrogens with zero attached hydrogens (tertiary/aromatic N) is 1. The number of alkyl halides is 3. The minimum atomic E-state index is -5.03. The molecule has 0 radical (unpaired) electrons. The van der Waals surface area contributed by atoms with Gasteiger partial charge in [-0.2, -0.15) is 13.2 Å². The zero-order valence-electron chi connectivity index (χ0n) is 24.2. The van der Waals surface area contributed by atoms with Crippen molar-refractivity contribution in [1.29, 1.82) is 0 Å². The van der Waals surface area contributed by atoms with E-state index in [9.17, 15) is 32.3 Å². The molecule has 0 saturated heterocycles. The first kappa shape index (κ1) is 35.3. The highest BCUT2D eigenvalue weighted by Gasteiger charge is 2.38. The van der Waals surface area contributed by atoms with Gasteiger partial charge in [-0.3, -0.25) is 24.0 Å². The van der Waals surface area contributed by atoms with E-state index in [0.717, 1.165) is 29.4 Å². The van der Waals surface area contributed by atoms with Crippen LogP contribution >= 0.6 is 0 Å². The van der Waals surface area contributed by atoms with E-state index in [1.54, 1.807) is 5.32 Å². The smallest absolute Gasteiger partial charge is 0.346 e. The molecule has 2 N–H and O–H groups in total. The standard InChI is InChI=1S/C26H30F3N3O5.C4H10/c1-3-4-10-21(15-32(17-33)37-16-19-8-6-5-7-9-19)24(35)30-18(2)23(34)20-11-13-22(14-12-20)31-25(36)26(27,28)29;1-4(2)3/h5-9,11-14,17-18,21H,3-4,10,15-16H2,1-2H3,(H,30,35)(H,31,36);4H,1-3H3/t18?,21-;/m1./s1. The van der Waals surface area contributed by atoms with E-state index in [-0.39, 0.29) is 24.4 Å². The molecule has 226 valence electrons. The van der Waals surface area contributed by atoms with Gasteiger partial charge in [-0.1, -0.05) is 70.9 Å². The van der Waals surface area contributed by atoms with Crippen LogP contribution in [0.5, 0.6) is 0 Å². The summed E-state index contributed by atoms with van der Waals surface area (Å²) >= 11 is 0. The summed E-state index contributed by atoms with van der Waals surface area (Å²) in [6.07, 6.45) is -2.52. The van der Waals surface area contributed by atoms with Gasteiger partial charge in [0, 0.05) is 11.3 Å². The third-order valence-electron chi connectivity index (χ3n) is 5.47. The highest BCUT2D eigenvalue weighted by atomic mass is 19.4. The fraction of sp³-hybridized carbons (Fsp3) is 0.467. The number of unbranched alkanes of at least 4 members (excludes halogenated alkanes) is 1. The Morgan fingerprint density at radius 1 is 0.976 bits per heavy atom. The van der Waals surface area contributed by atoms with Crippen LogP contribution in [-0.2, 0) is 25.8 Å². The molecular formula is C30H40F3N3O5. The van der Waals surface area contributed by atoms with Gasteiger partial charge in [-0.25, -0.2) is 5.06 Å². The fourth-order valence-electron chi connectivity index (χ4n) is 3.40. The molecule has 2 aromatic rings. The number of carbonyl (C=O) groups excluding carboxylic acids is 4. The number of hydrogen-bond acceptors (Lipinski definition) is 5. The van der Waals surface area contributed by atoms with Gasteiger partial charge in [0.15, 0.2) is 5.78 Å². The van der Waals surface area contributed by atoms with Crippen molar-refractivity contribution in [3.8, 4) is 0 Å². The number of Topliss-reactive ketones (excluding diaryl/α,β-unsaturated/α-hetero) is 1. The molecule has 0 aliphatic rings. The average molecular weight is 580 g/mol. The topological polar surface area (TPSA) is 105 Å². The SMILES string of the molecule is CC(C)C.CCCC[C@H](CN(C=O)OCc1ccccc1)C(=O)NC(C)C(=O)c1ccc(NC(=O)C(F)(F)F)cc1. The Labute approximate surface area is 239 Å². The number of carbonyl (C=O) groups is 4. The first-order valence-corrected chi connectivity index (χ1v) is 13.5. The second-order valence-corrected chi connectivity index (χ2v) is 10.2. The highest BCUT2D eigenvalue weighted by Crippen LogP contribution is 2.19. The molecule has 41 heavy (non-hydrogen) atoms. The van der Waals surface area contributed by atoms with E-state index in [0.29, 0.717) is 12.8 Å². The molecule has 0 heterocycles. The molecule has 0 fully saturated rings. The predicted octanol–water partition coefficient (Wildman–Crippen LogP) is 5.93. The molecule has 0 bridgehead atoms. The van der Waals surface area contributed by atoms with Gasteiger partial charge in [0.1, 0.15) is 6.61 Å². The predicted molar refractivity (Wildman–Crippen MR) is 151 cm³/mol. The van der Waals surface area contributed by atoms with E-state index in [1.807, 2.05) is 37.3 Å². The van der Waals surface area contributed by atoms with Gasteiger partial charge < -0.3 is 10.6 Å². The zero-order chi connectivity index (χ0) is 31.0. The summed E-state index contributed by atoms with van der Waals surface area (Å²) in [6, 6.07) is 13.1. The first-order chi connectivity index (χ1) is 19.3. The third kappa shape index (κ3) is 13.9. The molecule has 1 unspecified atom stereocenters. The summed E-state index contributed by atoms with van der Waals surface area (Å²) in [4.78, 5) is 53.9. The second kappa shape index (κ2) is 17.9. The largest absolute Gasteiger partial charge is 0.471 e. The van der Waals surface area contributed by atoms with Crippen molar-refractivity contribution in [2.75, 3.05) is 11.9 Å². The first-order valence-electron chi connectivity index (χ1n) is 13.5. The van der Waals surface area contributed by atoms with Gasteiger partial charge >= 0.3 is 12.1 Å². The van der Waals surface area contributed by atoms with Gasteiger partial charge in [0.05, 0.1) is 18.5 Å². The van der Waals surface area contributed by atoms with Crippen LogP contribution in [0.3, 0.4) is 0 Å². The van der Waals surface area contributed by atoms with Crippen molar-refractivity contribution in [2.24, 2.45) is 11.8 Å². The number of amides is 3. The number of hydrogen-bond donors (Lipinski definition) is 2. The molecule has 0 aliphatic carbocycles. The summed E-state index contributed by atoms with van der Waals surface area (Å²) in [5, 5.41) is 5.41. The molecule has 0 aromatic heterocycles. The highest BCUT2D eigenvalue weighted by molar-refractivity contribution is 6.02. The summed E-state index contributed by atoms with van der Waals surface area (Å²) in [6.45, 7) is 10.1. The van der Waals surface area contributed by atoms with Crippen molar-refractivity contribution in [1.82, 2.24) is 10.4 Å². The number of anilines is 1. The molecule has 3 amide bonds. The van der Waals surface area contributed by atoms with E-state index in [2.05, 4.69) is 26.1 Å². The Morgan fingerprint density at radius 3 is 2.07 bits per heavy atom. The van der Waals surface area contributed by atoms with E-state index < -0.39 is 35.7 Å². The van der Waals surface area contributed by atoms with E-state index >= 15 is 0 Å². The zero-order valence-corrected chi connectivity index (χ0v) is 24.2. The molecule has 2 atom stereocenters. The maximum Gasteiger partial charge on any atom is 0.471 e. The minimum Gasteiger partial charge on any atom is -0.346 e. The van der Waals surface area contributed by atoms with Crippen LogP contribution < -0.4 is 10.6 Å². The van der Waals surface area contributed by atoms with Crippen LogP contribution in [0.15, 0.2) is 54.6 Å². The summed E-state index contributed by atoms with van der Waals surface area (Å²) in [5.74, 6) is -2.82. The van der Waals surface area contributed by atoms with Crippen LogP contribution in [0.25, 0.3) is 0 Å².